The fraction of sp³-hybridized carbons (Fsp3) is 0.208. The Morgan fingerprint density at radius 3 is 2.15 bits per heavy atom. The van der Waals surface area contributed by atoms with Gasteiger partial charge in [0.05, 0.1) is 11.6 Å². The number of nitrogens with zero attached hydrogens (tertiary/aromatic N) is 3. The molecule has 0 aliphatic rings. The zero-order chi connectivity index (χ0) is 19.6. The van der Waals surface area contributed by atoms with E-state index in [2.05, 4.69) is 66.6 Å². The fourth-order valence-corrected chi connectivity index (χ4v) is 3.30. The van der Waals surface area contributed by atoms with E-state index in [1.54, 1.807) is 0 Å². The number of rotatable bonds is 4. The third kappa shape index (κ3) is 3.80. The van der Waals surface area contributed by atoms with Gasteiger partial charge in [-0.15, -0.1) is 0 Å². The van der Waals surface area contributed by atoms with Crippen LogP contribution < -0.4 is 4.90 Å². The number of anilines is 1. The highest BCUT2D eigenvalue weighted by Crippen LogP contribution is 2.26. The van der Waals surface area contributed by atoms with Gasteiger partial charge in [-0.05, 0) is 68.3 Å². The largest absolute Gasteiger partial charge is 0.378 e. The summed E-state index contributed by atoms with van der Waals surface area (Å²) < 4.78 is 2.23. The standard InChI is InChI=1S/C24H25N3/c1-17-6-8-20(9-7-17)22(16-25)15-21-14-18(2)27(19(21)3)24-12-10-23(11-13-24)26(4)5/h6-15H,1-5H3/b22-15-. The molecule has 1 aromatic heterocycles. The molecule has 0 N–H and O–H groups in total. The van der Waals surface area contributed by atoms with E-state index < -0.39 is 0 Å². The summed E-state index contributed by atoms with van der Waals surface area (Å²) in [5, 5.41) is 9.65. The quantitative estimate of drug-likeness (QED) is 0.576. The van der Waals surface area contributed by atoms with E-state index in [9.17, 15) is 5.26 Å². The molecule has 0 aliphatic heterocycles. The van der Waals surface area contributed by atoms with Gasteiger partial charge in [0.15, 0.2) is 0 Å². The minimum atomic E-state index is 0.679. The molecule has 0 amide bonds. The predicted molar refractivity (Wildman–Crippen MR) is 114 cm³/mol. The Morgan fingerprint density at radius 1 is 0.963 bits per heavy atom. The molecule has 136 valence electrons. The molecule has 3 nitrogen and oxygen atoms in total. The number of aryl methyl sites for hydroxylation is 2. The van der Waals surface area contributed by atoms with Crippen LogP contribution in [0.15, 0.2) is 54.6 Å². The average Bonchev–Trinajstić information content (AvgIpc) is 2.94. The topological polar surface area (TPSA) is 32.0 Å². The van der Waals surface area contributed by atoms with Gasteiger partial charge >= 0.3 is 0 Å². The van der Waals surface area contributed by atoms with Crippen LogP contribution >= 0.6 is 0 Å². The van der Waals surface area contributed by atoms with Gasteiger partial charge in [0.1, 0.15) is 0 Å². The average molecular weight is 355 g/mol. The van der Waals surface area contributed by atoms with Crippen LogP contribution in [0, 0.1) is 32.1 Å². The van der Waals surface area contributed by atoms with Crippen molar-refractivity contribution in [1.29, 1.82) is 5.26 Å². The molecule has 0 unspecified atom stereocenters. The summed E-state index contributed by atoms with van der Waals surface area (Å²) in [6.45, 7) is 6.25. The molecule has 0 saturated heterocycles. The maximum absolute atomic E-state index is 9.65. The summed E-state index contributed by atoms with van der Waals surface area (Å²) in [5.41, 5.74) is 8.47. The first-order chi connectivity index (χ1) is 12.9. The van der Waals surface area contributed by atoms with Gasteiger partial charge in [-0.3, -0.25) is 0 Å². The molecule has 0 aliphatic carbocycles. The van der Waals surface area contributed by atoms with Crippen LogP contribution in [-0.2, 0) is 0 Å². The summed E-state index contributed by atoms with van der Waals surface area (Å²) in [6.07, 6.45) is 1.98. The number of nitriles is 1. The van der Waals surface area contributed by atoms with Gasteiger partial charge < -0.3 is 9.47 Å². The maximum Gasteiger partial charge on any atom is 0.0998 e. The molecule has 1 heterocycles. The Hall–Kier alpha value is -3.25. The molecule has 0 saturated carbocycles. The first kappa shape index (κ1) is 18.5. The van der Waals surface area contributed by atoms with Gasteiger partial charge in [-0.2, -0.15) is 5.26 Å². The molecule has 0 radical (unpaired) electrons. The van der Waals surface area contributed by atoms with Crippen molar-refractivity contribution < 1.29 is 0 Å². The van der Waals surface area contributed by atoms with E-state index in [4.69, 9.17) is 0 Å². The van der Waals surface area contributed by atoms with E-state index in [1.165, 1.54) is 11.3 Å². The second kappa shape index (κ2) is 7.55. The third-order valence-corrected chi connectivity index (χ3v) is 4.88. The Bertz CT molecular complexity index is 1010. The van der Waals surface area contributed by atoms with Crippen LogP contribution in [0.1, 0.15) is 28.1 Å². The van der Waals surface area contributed by atoms with Crippen molar-refractivity contribution in [2.24, 2.45) is 0 Å². The van der Waals surface area contributed by atoms with Crippen LogP contribution in [-0.4, -0.2) is 18.7 Å². The van der Waals surface area contributed by atoms with Gasteiger partial charge in [0.25, 0.3) is 0 Å². The van der Waals surface area contributed by atoms with Crippen molar-refractivity contribution in [2.45, 2.75) is 20.8 Å². The number of allylic oxidation sites excluding steroid dienone is 1. The normalized spacial score (nSPS) is 11.3. The van der Waals surface area contributed by atoms with Gasteiger partial charge in [-0.1, -0.05) is 29.8 Å². The lowest BCUT2D eigenvalue weighted by Crippen LogP contribution is -2.08. The number of benzene rings is 2. The lowest BCUT2D eigenvalue weighted by Gasteiger charge is -2.15. The molecule has 3 rings (SSSR count). The molecule has 3 heteroatoms. The van der Waals surface area contributed by atoms with Crippen LogP contribution in [0.5, 0.6) is 0 Å². The molecule has 0 atom stereocenters. The van der Waals surface area contributed by atoms with Crippen molar-refractivity contribution in [3.8, 4) is 11.8 Å². The summed E-state index contributed by atoms with van der Waals surface area (Å²) in [5.74, 6) is 0. The molecule has 0 spiro atoms. The second-order valence-electron chi connectivity index (χ2n) is 7.11. The van der Waals surface area contributed by atoms with Crippen molar-refractivity contribution in [1.82, 2.24) is 4.57 Å². The first-order valence-corrected chi connectivity index (χ1v) is 9.06. The molecule has 27 heavy (non-hydrogen) atoms. The van der Waals surface area contributed by atoms with Crippen LogP contribution in [0.2, 0.25) is 0 Å². The highest BCUT2D eigenvalue weighted by atomic mass is 15.1. The van der Waals surface area contributed by atoms with Crippen molar-refractivity contribution in [3.63, 3.8) is 0 Å². The van der Waals surface area contributed by atoms with Crippen LogP contribution in [0.25, 0.3) is 17.3 Å². The second-order valence-corrected chi connectivity index (χ2v) is 7.11. The van der Waals surface area contributed by atoms with E-state index in [1.807, 2.05) is 44.4 Å². The lowest BCUT2D eigenvalue weighted by molar-refractivity contribution is 0.963. The molecule has 2 aromatic carbocycles. The summed E-state index contributed by atoms with van der Waals surface area (Å²) >= 11 is 0. The first-order valence-electron chi connectivity index (χ1n) is 9.06. The molecule has 0 bridgehead atoms. The van der Waals surface area contributed by atoms with E-state index in [0.29, 0.717) is 5.57 Å². The molecule has 0 fully saturated rings. The molecule has 3 aromatic rings. The number of hydrogen-bond donors (Lipinski definition) is 0. The van der Waals surface area contributed by atoms with E-state index in [0.717, 1.165) is 28.2 Å². The summed E-state index contributed by atoms with van der Waals surface area (Å²) in [6, 6.07) is 21.1. The van der Waals surface area contributed by atoms with Gasteiger partial charge in [-0.25, -0.2) is 0 Å². The monoisotopic (exact) mass is 355 g/mol. The van der Waals surface area contributed by atoms with E-state index >= 15 is 0 Å². The third-order valence-electron chi connectivity index (χ3n) is 4.88. The van der Waals surface area contributed by atoms with Gasteiger partial charge in [0, 0.05) is 36.9 Å². The minimum Gasteiger partial charge on any atom is -0.378 e. The zero-order valence-electron chi connectivity index (χ0n) is 16.6. The predicted octanol–water partition coefficient (Wildman–Crippen LogP) is 5.53. The number of hydrogen-bond acceptors (Lipinski definition) is 2. The fourth-order valence-electron chi connectivity index (χ4n) is 3.30. The van der Waals surface area contributed by atoms with Gasteiger partial charge in [0.2, 0.25) is 0 Å². The highest BCUT2D eigenvalue weighted by Gasteiger charge is 2.11. The Balaban J connectivity index is 2.02. The highest BCUT2D eigenvalue weighted by molar-refractivity contribution is 5.90. The minimum absolute atomic E-state index is 0.679. The Labute approximate surface area is 161 Å². The molecular formula is C24H25N3. The summed E-state index contributed by atoms with van der Waals surface area (Å²) in [4.78, 5) is 2.09. The number of aromatic nitrogens is 1. The van der Waals surface area contributed by atoms with Crippen LogP contribution in [0.4, 0.5) is 5.69 Å². The smallest absolute Gasteiger partial charge is 0.0998 e. The van der Waals surface area contributed by atoms with Crippen LogP contribution in [0.3, 0.4) is 0 Å². The van der Waals surface area contributed by atoms with E-state index in [-0.39, 0.29) is 0 Å². The lowest BCUT2D eigenvalue weighted by atomic mass is 10.0. The van der Waals surface area contributed by atoms with Crippen molar-refractivity contribution in [3.05, 3.63) is 82.7 Å². The van der Waals surface area contributed by atoms with Crippen molar-refractivity contribution in [2.75, 3.05) is 19.0 Å². The Morgan fingerprint density at radius 2 is 1.59 bits per heavy atom. The maximum atomic E-state index is 9.65. The van der Waals surface area contributed by atoms with Crippen molar-refractivity contribution >= 4 is 17.3 Å². The Kier molecular flexibility index (Phi) is 5.19. The SMILES string of the molecule is Cc1ccc(/C(C#N)=C\c2cc(C)n(-c3ccc(N(C)C)cc3)c2C)cc1. The molecular weight excluding hydrogens is 330 g/mol. The summed E-state index contributed by atoms with van der Waals surface area (Å²) in [7, 11) is 4.08. The zero-order valence-corrected chi connectivity index (χ0v) is 16.6.